The lowest BCUT2D eigenvalue weighted by Crippen LogP contribution is -2.33. The quantitative estimate of drug-likeness (QED) is 0.321. The Hall–Kier alpha value is -4.05. The summed E-state index contributed by atoms with van der Waals surface area (Å²) in [5.41, 5.74) is 3.74. The maximum Gasteiger partial charge on any atom is 0.573 e. The average molecular weight is 525 g/mol. The summed E-state index contributed by atoms with van der Waals surface area (Å²) in [6, 6.07) is 18.4. The van der Waals surface area contributed by atoms with Crippen LogP contribution in [0.1, 0.15) is 28.8 Å². The first-order chi connectivity index (χ1) is 18.3. The highest BCUT2D eigenvalue weighted by atomic mass is 19.4. The lowest BCUT2D eigenvalue weighted by molar-refractivity contribution is -0.274. The monoisotopic (exact) mass is 524 g/mol. The molecular formula is C28H27F3N4O3. The minimum absolute atomic E-state index is 0.107. The molecule has 7 nitrogen and oxygen atoms in total. The van der Waals surface area contributed by atoms with Gasteiger partial charge in [0, 0.05) is 24.3 Å². The topological polar surface area (TPSA) is 68.6 Å². The van der Waals surface area contributed by atoms with E-state index in [1.54, 1.807) is 18.5 Å². The number of nitrogens with one attached hydrogen (secondary N) is 1. The number of benzene rings is 3. The van der Waals surface area contributed by atoms with Gasteiger partial charge in [0.05, 0.1) is 11.0 Å². The van der Waals surface area contributed by atoms with Gasteiger partial charge in [-0.15, -0.1) is 13.2 Å². The summed E-state index contributed by atoms with van der Waals surface area (Å²) in [5, 5.41) is 2.99. The molecule has 0 aliphatic carbocycles. The van der Waals surface area contributed by atoms with Crippen molar-refractivity contribution < 1.29 is 27.4 Å². The van der Waals surface area contributed by atoms with E-state index in [2.05, 4.69) is 19.9 Å². The van der Waals surface area contributed by atoms with E-state index in [0.717, 1.165) is 36.4 Å². The van der Waals surface area contributed by atoms with Gasteiger partial charge in [-0.1, -0.05) is 12.1 Å². The lowest BCUT2D eigenvalue weighted by Gasteiger charge is -2.14. The van der Waals surface area contributed by atoms with Gasteiger partial charge in [-0.3, -0.25) is 9.36 Å². The molecule has 3 aromatic carbocycles. The first-order valence-corrected chi connectivity index (χ1v) is 12.4. The summed E-state index contributed by atoms with van der Waals surface area (Å²) in [5.74, 6) is 0.231. The van der Waals surface area contributed by atoms with Crippen LogP contribution in [0, 0.1) is 0 Å². The lowest BCUT2D eigenvalue weighted by atomic mass is 10.2. The molecule has 5 rings (SSSR count). The molecule has 1 N–H and O–H groups in total. The predicted molar refractivity (Wildman–Crippen MR) is 137 cm³/mol. The third kappa shape index (κ3) is 6.44. The molecule has 0 atom stereocenters. The molecule has 1 aromatic heterocycles. The Kier molecular flexibility index (Phi) is 7.50. The first-order valence-electron chi connectivity index (χ1n) is 12.4. The Balaban J connectivity index is 1.18. The maximum atomic E-state index is 12.6. The van der Waals surface area contributed by atoms with Crippen molar-refractivity contribution in [2.24, 2.45) is 0 Å². The van der Waals surface area contributed by atoms with E-state index in [1.807, 2.05) is 34.9 Å². The Bertz CT molecular complexity index is 1380. The van der Waals surface area contributed by atoms with Gasteiger partial charge < -0.3 is 19.7 Å². The van der Waals surface area contributed by atoms with Crippen LogP contribution in [0.2, 0.25) is 0 Å². The standard InChI is InChI=1S/C28H27F3N4O3/c29-28(30,31)38-24-8-3-20(4-9-24)18-37-23-10-6-22(7-11-23)35-19-33-25-17-21(5-12-26(25)35)27(36)32-13-16-34-14-1-2-15-34/h3-12,17,19H,1-2,13-16,18H2,(H,32,36). The number of amides is 1. The van der Waals surface area contributed by atoms with E-state index in [9.17, 15) is 18.0 Å². The normalized spacial score (nSPS) is 14.1. The zero-order valence-electron chi connectivity index (χ0n) is 20.6. The van der Waals surface area contributed by atoms with E-state index in [4.69, 9.17) is 4.74 Å². The fraction of sp³-hybridized carbons (Fsp3) is 0.286. The second kappa shape index (κ2) is 11.1. The number of carbonyl (C=O) groups excluding carboxylic acids is 1. The number of likely N-dealkylation sites (tertiary alicyclic amines) is 1. The number of halogens is 3. The Morgan fingerprint density at radius 3 is 2.37 bits per heavy atom. The molecule has 0 unspecified atom stereocenters. The molecule has 0 saturated carbocycles. The molecule has 0 bridgehead atoms. The van der Waals surface area contributed by atoms with Gasteiger partial charge in [0.25, 0.3) is 5.91 Å². The number of aromatic nitrogens is 2. The molecule has 1 amide bonds. The van der Waals surface area contributed by atoms with Gasteiger partial charge in [-0.25, -0.2) is 4.98 Å². The summed E-state index contributed by atoms with van der Waals surface area (Å²) >= 11 is 0. The van der Waals surface area contributed by atoms with Crippen LogP contribution in [0.25, 0.3) is 16.7 Å². The van der Waals surface area contributed by atoms with E-state index in [-0.39, 0.29) is 18.3 Å². The number of nitrogens with zero attached hydrogens (tertiary/aromatic N) is 3. The second-order valence-electron chi connectivity index (χ2n) is 9.10. The average Bonchev–Trinajstić information content (AvgIpc) is 3.57. The van der Waals surface area contributed by atoms with Crippen molar-refractivity contribution >= 4 is 16.9 Å². The van der Waals surface area contributed by atoms with Gasteiger partial charge in [0.1, 0.15) is 24.4 Å². The van der Waals surface area contributed by atoms with Crippen LogP contribution in [-0.2, 0) is 6.61 Å². The van der Waals surface area contributed by atoms with Crippen molar-refractivity contribution in [2.45, 2.75) is 25.8 Å². The van der Waals surface area contributed by atoms with Crippen LogP contribution in [0.4, 0.5) is 13.2 Å². The molecule has 38 heavy (non-hydrogen) atoms. The second-order valence-corrected chi connectivity index (χ2v) is 9.10. The van der Waals surface area contributed by atoms with Crippen molar-refractivity contribution in [1.82, 2.24) is 19.8 Å². The zero-order valence-corrected chi connectivity index (χ0v) is 20.6. The van der Waals surface area contributed by atoms with Crippen molar-refractivity contribution in [3.05, 3.63) is 84.2 Å². The molecule has 0 radical (unpaired) electrons. The van der Waals surface area contributed by atoms with Gasteiger partial charge in [0.2, 0.25) is 0 Å². The molecule has 2 heterocycles. The summed E-state index contributed by atoms with van der Waals surface area (Å²) in [6.07, 6.45) is -0.556. The van der Waals surface area contributed by atoms with Crippen molar-refractivity contribution in [1.29, 1.82) is 0 Å². The zero-order chi connectivity index (χ0) is 26.5. The smallest absolute Gasteiger partial charge is 0.489 e. The molecule has 0 spiro atoms. The summed E-state index contributed by atoms with van der Waals surface area (Å²) in [7, 11) is 0. The molecule has 4 aromatic rings. The Morgan fingerprint density at radius 2 is 1.66 bits per heavy atom. The number of fused-ring (bicyclic) bond motifs is 1. The maximum absolute atomic E-state index is 12.6. The Morgan fingerprint density at radius 1 is 0.947 bits per heavy atom. The van der Waals surface area contributed by atoms with Crippen molar-refractivity contribution in [2.75, 3.05) is 26.2 Å². The highest BCUT2D eigenvalue weighted by Crippen LogP contribution is 2.24. The largest absolute Gasteiger partial charge is 0.573 e. The van der Waals surface area contributed by atoms with Crippen LogP contribution in [0.5, 0.6) is 11.5 Å². The minimum atomic E-state index is -4.72. The van der Waals surface area contributed by atoms with Crippen LogP contribution >= 0.6 is 0 Å². The van der Waals surface area contributed by atoms with Crippen molar-refractivity contribution in [3.63, 3.8) is 0 Å². The third-order valence-electron chi connectivity index (χ3n) is 6.40. The fourth-order valence-corrected chi connectivity index (χ4v) is 4.45. The highest BCUT2D eigenvalue weighted by Gasteiger charge is 2.30. The van der Waals surface area contributed by atoms with Gasteiger partial charge in [-0.2, -0.15) is 0 Å². The Labute approximate surface area is 217 Å². The molecule has 10 heteroatoms. The van der Waals surface area contributed by atoms with E-state index in [1.165, 1.54) is 37.1 Å². The van der Waals surface area contributed by atoms with Crippen LogP contribution in [-0.4, -0.2) is 52.9 Å². The SMILES string of the molecule is O=C(NCCN1CCCC1)c1ccc2c(c1)ncn2-c1ccc(OCc2ccc(OC(F)(F)F)cc2)cc1. The van der Waals surface area contributed by atoms with Crippen LogP contribution in [0.15, 0.2) is 73.1 Å². The number of alkyl halides is 3. The summed E-state index contributed by atoms with van der Waals surface area (Å²) in [4.78, 5) is 19.4. The minimum Gasteiger partial charge on any atom is -0.489 e. The van der Waals surface area contributed by atoms with Crippen molar-refractivity contribution in [3.8, 4) is 17.2 Å². The van der Waals surface area contributed by atoms with Gasteiger partial charge >= 0.3 is 6.36 Å². The number of carbonyl (C=O) groups is 1. The summed E-state index contributed by atoms with van der Waals surface area (Å²) in [6.45, 7) is 3.89. The molecule has 1 aliphatic rings. The molecule has 198 valence electrons. The van der Waals surface area contributed by atoms with E-state index >= 15 is 0 Å². The predicted octanol–water partition coefficient (Wildman–Crippen LogP) is 5.33. The van der Waals surface area contributed by atoms with E-state index < -0.39 is 6.36 Å². The van der Waals surface area contributed by atoms with Crippen LogP contribution in [0.3, 0.4) is 0 Å². The number of imidazole rings is 1. The third-order valence-corrected chi connectivity index (χ3v) is 6.40. The van der Waals surface area contributed by atoms with Gasteiger partial charge in [-0.05, 0) is 86.1 Å². The molecule has 1 aliphatic heterocycles. The molecule has 1 fully saturated rings. The van der Waals surface area contributed by atoms with Gasteiger partial charge in [0.15, 0.2) is 0 Å². The summed E-state index contributed by atoms with van der Waals surface area (Å²) < 4.78 is 48.5. The number of hydrogen-bond acceptors (Lipinski definition) is 5. The molecular weight excluding hydrogens is 497 g/mol. The number of hydrogen-bond donors (Lipinski definition) is 1. The molecule has 1 saturated heterocycles. The van der Waals surface area contributed by atoms with Crippen LogP contribution < -0.4 is 14.8 Å². The number of ether oxygens (including phenoxy) is 2. The van der Waals surface area contributed by atoms with E-state index in [0.29, 0.717) is 23.4 Å². The number of rotatable bonds is 9. The fourth-order valence-electron chi connectivity index (χ4n) is 4.45. The first kappa shape index (κ1) is 25.6. The highest BCUT2D eigenvalue weighted by molar-refractivity contribution is 5.97.